The highest BCUT2D eigenvalue weighted by atomic mass is 19.1. The van der Waals surface area contributed by atoms with Crippen LogP contribution in [0.15, 0.2) is 24.3 Å². The van der Waals surface area contributed by atoms with Gasteiger partial charge in [0.2, 0.25) is 0 Å². The van der Waals surface area contributed by atoms with Crippen LogP contribution >= 0.6 is 0 Å². The van der Waals surface area contributed by atoms with Gasteiger partial charge in [-0.1, -0.05) is 12.1 Å². The Morgan fingerprint density at radius 3 is 3.00 bits per heavy atom. The molecule has 2 atom stereocenters. The van der Waals surface area contributed by atoms with Gasteiger partial charge in [-0.25, -0.2) is 9.18 Å². The molecule has 1 aliphatic rings. The van der Waals surface area contributed by atoms with E-state index in [1.165, 1.54) is 12.1 Å². The van der Waals surface area contributed by atoms with Gasteiger partial charge in [-0.2, -0.15) is 0 Å². The third-order valence-electron chi connectivity index (χ3n) is 2.96. The summed E-state index contributed by atoms with van der Waals surface area (Å²) in [5.41, 5.74) is 0.611. The largest absolute Gasteiger partial charge is 0.478 e. The van der Waals surface area contributed by atoms with Crippen molar-refractivity contribution in [1.29, 1.82) is 0 Å². The molecule has 0 amide bonds. The van der Waals surface area contributed by atoms with E-state index in [1.807, 2.05) is 0 Å². The van der Waals surface area contributed by atoms with Gasteiger partial charge in [0.05, 0.1) is 5.56 Å². The van der Waals surface area contributed by atoms with Crippen molar-refractivity contribution in [3.05, 3.63) is 35.4 Å². The lowest BCUT2D eigenvalue weighted by Gasteiger charge is -2.15. The molecule has 1 aromatic rings. The smallest absolute Gasteiger partial charge is 0.335 e. The van der Waals surface area contributed by atoms with E-state index in [0.29, 0.717) is 12.1 Å². The summed E-state index contributed by atoms with van der Waals surface area (Å²) in [5, 5.41) is 11.9. The number of hydrogen-bond donors (Lipinski definition) is 2. The molecule has 3 nitrogen and oxygen atoms in total. The van der Waals surface area contributed by atoms with Crippen molar-refractivity contribution in [1.82, 2.24) is 5.32 Å². The molecule has 1 saturated heterocycles. The Bertz CT molecular complexity index is 388. The molecule has 16 heavy (non-hydrogen) atoms. The predicted octanol–water partition coefficient (Wildman–Crippen LogP) is 2.00. The Morgan fingerprint density at radius 1 is 1.56 bits per heavy atom. The van der Waals surface area contributed by atoms with Crippen LogP contribution in [0.4, 0.5) is 4.39 Å². The van der Waals surface area contributed by atoms with Gasteiger partial charge in [-0.3, -0.25) is 0 Å². The number of carboxylic acid groups (broad SMARTS) is 1. The number of carboxylic acids is 1. The van der Waals surface area contributed by atoms with Crippen molar-refractivity contribution in [2.24, 2.45) is 5.92 Å². The first-order valence-corrected chi connectivity index (χ1v) is 5.36. The number of nitrogens with one attached hydrogen (secondary N) is 1. The minimum atomic E-state index is -1.07. The van der Waals surface area contributed by atoms with Gasteiger partial charge in [0.1, 0.15) is 6.17 Å². The van der Waals surface area contributed by atoms with E-state index in [9.17, 15) is 9.18 Å². The summed E-state index contributed by atoms with van der Waals surface area (Å²) < 4.78 is 14.1. The van der Waals surface area contributed by atoms with Crippen molar-refractivity contribution < 1.29 is 14.3 Å². The summed E-state index contributed by atoms with van der Waals surface area (Å²) >= 11 is 0. The van der Waals surface area contributed by atoms with Gasteiger partial charge in [-0.05, 0) is 30.7 Å². The molecule has 2 unspecified atom stereocenters. The topological polar surface area (TPSA) is 49.3 Å². The van der Waals surface area contributed by atoms with Crippen molar-refractivity contribution in [3.8, 4) is 0 Å². The first-order chi connectivity index (χ1) is 7.68. The Kier molecular flexibility index (Phi) is 3.19. The van der Waals surface area contributed by atoms with Crippen molar-refractivity contribution in [2.75, 3.05) is 13.1 Å². The highest BCUT2D eigenvalue weighted by Crippen LogP contribution is 2.30. The maximum Gasteiger partial charge on any atom is 0.335 e. The summed E-state index contributed by atoms with van der Waals surface area (Å²) in [5.74, 6) is -1.05. The van der Waals surface area contributed by atoms with E-state index in [0.717, 1.165) is 13.0 Å². The zero-order chi connectivity index (χ0) is 11.5. The van der Waals surface area contributed by atoms with Gasteiger partial charge in [0, 0.05) is 12.5 Å². The van der Waals surface area contributed by atoms with Crippen LogP contribution in [0.5, 0.6) is 0 Å². The highest BCUT2D eigenvalue weighted by Gasteiger charge is 2.26. The lowest BCUT2D eigenvalue weighted by Crippen LogP contribution is -2.13. The van der Waals surface area contributed by atoms with Crippen LogP contribution in [0.3, 0.4) is 0 Å². The van der Waals surface area contributed by atoms with Crippen LogP contribution in [0.2, 0.25) is 0 Å². The standard InChI is InChI=1S/C12H14FNO2/c13-11(10-4-5-14-7-10)8-2-1-3-9(6-8)12(15)16/h1-3,6,10-11,14H,4-5,7H2,(H,15,16). The van der Waals surface area contributed by atoms with Crippen LogP contribution < -0.4 is 5.32 Å². The fourth-order valence-electron chi connectivity index (χ4n) is 2.04. The molecule has 0 aliphatic carbocycles. The molecule has 0 saturated carbocycles. The molecule has 0 radical (unpaired) electrons. The zero-order valence-corrected chi connectivity index (χ0v) is 8.82. The quantitative estimate of drug-likeness (QED) is 0.824. The van der Waals surface area contributed by atoms with Gasteiger partial charge in [-0.15, -0.1) is 0 Å². The lowest BCUT2D eigenvalue weighted by molar-refractivity contribution is 0.0696. The molecular formula is C12H14FNO2. The van der Waals surface area contributed by atoms with Crippen LogP contribution in [-0.4, -0.2) is 24.2 Å². The van der Waals surface area contributed by atoms with Gasteiger partial charge in [0.15, 0.2) is 0 Å². The summed E-state index contributed by atoms with van der Waals surface area (Å²) in [7, 11) is 0. The van der Waals surface area contributed by atoms with Crippen molar-refractivity contribution >= 4 is 5.97 Å². The van der Waals surface area contributed by atoms with Gasteiger partial charge in [0.25, 0.3) is 0 Å². The van der Waals surface area contributed by atoms with Crippen LogP contribution in [0.1, 0.15) is 28.5 Å². The number of halogens is 1. The molecular weight excluding hydrogens is 209 g/mol. The molecule has 0 aromatic heterocycles. The number of aromatic carboxylic acids is 1. The molecule has 2 N–H and O–H groups in total. The Morgan fingerprint density at radius 2 is 2.38 bits per heavy atom. The second-order valence-corrected chi connectivity index (χ2v) is 4.09. The van der Waals surface area contributed by atoms with E-state index in [-0.39, 0.29) is 11.5 Å². The first kappa shape index (κ1) is 11.1. The summed E-state index contributed by atoms with van der Waals surface area (Å²) in [6.07, 6.45) is -0.271. The monoisotopic (exact) mass is 223 g/mol. The Balaban J connectivity index is 2.18. The van der Waals surface area contributed by atoms with Gasteiger partial charge >= 0.3 is 5.97 Å². The third kappa shape index (κ3) is 2.22. The predicted molar refractivity (Wildman–Crippen MR) is 58.2 cm³/mol. The number of benzene rings is 1. The molecule has 1 heterocycles. The van der Waals surface area contributed by atoms with Crippen LogP contribution in [0, 0.1) is 5.92 Å². The number of rotatable bonds is 3. The SMILES string of the molecule is O=C(O)c1cccc(C(F)C2CCNC2)c1. The Hall–Kier alpha value is -1.42. The number of hydrogen-bond acceptors (Lipinski definition) is 2. The molecule has 1 aliphatic heterocycles. The molecule has 1 fully saturated rings. The highest BCUT2D eigenvalue weighted by molar-refractivity contribution is 5.87. The summed E-state index contributed by atoms with van der Waals surface area (Å²) in [6.45, 7) is 1.50. The Labute approximate surface area is 93.3 Å². The third-order valence-corrected chi connectivity index (χ3v) is 2.96. The zero-order valence-electron chi connectivity index (χ0n) is 8.82. The normalized spacial score (nSPS) is 21.9. The minimum absolute atomic E-state index is 0.0379. The average molecular weight is 223 g/mol. The second-order valence-electron chi connectivity index (χ2n) is 4.09. The molecule has 2 rings (SSSR count). The molecule has 4 heteroatoms. The maximum absolute atomic E-state index is 14.1. The van der Waals surface area contributed by atoms with E-state index in [4.69, 9.17) is 5.11 Å². The summed E-state index contributed by atoms with van der Waals surface area (Å²) in [4.78, 5) is 10.8. The molecule has 1 aromatic carbocycles. The van der Waals surface area contributed by atoms with E-state index in [2.05, 4.69) is 5.32 Å². The number of alkyl halides is 1. The molecule has 0 bridgehead atoms. The first-order valence-electron chi connectivity index (χ1n) is 5.36. The maximum atomic E-state index is 14.1. The van der Waals surface area contributed by atoms with Gasteiger partial charge < -0.3 is 10.4 Å². The number of carbonyl (C=O) groups is 1. The van der Waals surface area contributed by atoms with Crippen molar-refractivity contribution in [2.45, 2.75) is 12.6 Å². The molecule has 86 valence electrons. The molecule has 0 spiro atoms. The average Bonchev–Trinajstić information content (AvgIpc) is 2.81. The lowest BCUT2D eigenvalue weighted by atomic mass is 9.95. The summed E-state index contributed by atoms with van der Waals surface area (Å²) in [6, 6.07) is 6.14. The van der Waals surface area contributed by atoms with E-state index in [1.54, 1.807) is 12.1 Å². The fourth-order valence-corrected chi connectivity index (χ4v) is 2.04. The van der Waals surface area contributed by atoms with E-state index < -0.39 is 12.1 Å². The second kappa shape index (κ2) is 4.61. The fraction of sp³-hybridized carbons (Fsp3) is 0.417. The van der Waals surface area contributed by atoms with Crippen LogP contribution in [0.25, 0.3) is 0 Å². The van der Waals surface area contributed by atoms with Crippen LogP contribution in [-0.2, 0) is 0 Å². The minimum Gasteiger partial charge on any atom is -0.478 e. The van der Waals surface area contributed by atoms with Crippen molar-refractivity contribution in [3.63, 3.8) is 0 Å². The van der Waals surface area contributed by atoms with E-state index >= 15 is 0 Å².